The van der Waals surface area contributed by atoms with Gasteiger partial charge in [-0.1, -0.05) is 6.92 Å². The van der Waals surface area contributed by atoms with Crippen LogP contribution in [0.15, 0.2) is 6.33 Å². The minimum Gasteiger partial charge on any atom is -0.444 e. The SMILES string of the molecule is CCc1c(CC(F)(F)F)sc2ncnc(N3CCC4C3CCCN4C(=O)OC(C)(C)C)c12. The molecule has 32 heavy (non-hydrogen) atoms. The van der Waals surface area contributed by atoms with Gasteiger partial charge in [0.15, 0.2) is 0 Å². The highest BCUT2D eigenvalue weighted by atomic mass is 32.1. The Labute approximate surface area is 189 Å². The molecule has 2 aromatic rings. The van der Waals surface area contributed by atoms with Gasteiger partial charge in [0.25, 0.3) is 0 Å². The first-order valence-electron chi connectivity index (χ1n) is 11.1. The van der Waals surface area contributed by atoms with E-state index >= 15 is 0 Å². The second kappa shape index (κ2) is 8.35. The number of piperidine rings is 1. The van der Waals surface area contributed by atoms with Gasteiger partial charge in [-0.15, -0.1) is 11.3 Å². The van der Waals surface area contributed by atoms with Crippen LogP contribution in [0.5, 0.6) is 0 Å². The number of nitrogens with zero attached hydrogens (tertiary/aromatic N) is 4. The summed E-state index contributed by atoms with van der Waals surface area (Å²) in [6, 6.07) is 0.0620. The first kappa shape index (κ1) is 23.1. The first-order valence-corrected chi connectivity index (χ1v) is 11.9. The van der Waals surface area contributed by atoms with Gasteiger partial charge in [-0.05, 0) is 52.0 Å². The maximum atomic E-state index is 13.2. The van der Waals surface area contributed by atoms with Crippen LogP contribution in [-0.2, 0) is 17.6 Å². The van der Waals surface area contributed by atoms with Gasteiger partial charge in [0.1, 0.15) is 22.6 Å². The molecule has 176 valence electrons. The van der Waals surface area contributed by atoms with E-state index in [0.29, 0.717) is 40.6 Å². The largest absolute Gasteiger partial charge is 0.444 e. The molecule has 0 N–H and O–H groups in total. The maximum Gasteiger partial charge on any atom is 0.410 e. The molecule has 0 bridgehead atoms. The fraction of sp³-hybridized carbons (Fsp3) is 0.682. The van der Waals surface area contributed by atoms with Gasteiger partial charge in [0.2, 0.25) is 0 Å². The summed E-state index contributed by atoms with van der Waals surface area (Å²) in [5.74, 6) is 0.690. The Hall–Kier alpha value is -2.10. The van der Waals surface area contributed by atoms with Crippen LogP contribution in [0.4, 0.5) is 23.8 Å². The van der Waals surface area contributed by atoms with Crippen LogP contribution in [0.2, 0.25) is 0 Å². The fourth-order valence-corrected chi connectivity index (χ4v) is 6.19. The number of fused-ring (bicyclic) bond motifs is 2. The van der Waals surface area contributed by atoms with E-state index in [1.165, 1.54) is 6.33 Å². The van der Waals surface area contributed by atoms with Gasteiger partial charge < -0.3 is 14.5 Å². The lowest BCUT2D eigenvalue weighted by molar-refractivity contribution is -0.126. The summed E-state index contributed by atoms with van der Waals surface area (Å²) in [4.78, 5) is 26.5. The third-order valence-corrected chi connectivity index (χ3v) is 7.21. The number of carbonyl (C=O) groups is 1. The molecular weight excluding hydrogens is 441 g/mol. The number of amides is 1. The number of ether oxygens (including phenoxy) is 1. The van der Waals surface area contributed by atoms with E-state index in [4.69, 9.17) is 4.74 Å². The van der Waals surface area contributed by atoms with Gasteiger partial charge in [0.05, 0.1) is 23.9 Å². The van der Waals surface area contributed by atoms with Crippen molar-refractivity contribution in [2.45, 2.75) is 83.7 Å². The summed E-state index contributed by atoms with van der Waals surface area (Å²) < 4.78 is 45.1. The van der Waals surface area contributed by atoms with E-state index in [2.05, 4.69) is 14.9 Å². The highest BCUT2D eigenvalue weighted by Gasteiger charge is 2.44. The topological polar surface area (TPSA) is 58.6 Å². The monoisotopic (exact) mass is 470 g/mol. The lowest BCUT2D eigenvalue weighted by Gasteiger charge is -2.40. The zero-order valence-electron chi connectivity index (χ0n) is 18.8. The Kier molecular flexibility index (Phi) is 6.02. The Morgan fingerprint density at radius 1 is 1.19 bits per heavy atom. The third kappa shape index (κ3) is 4.51. The second-order valence-electron chi connectivity index (χ2n) is 9.46. The van der Waals surface area contributed by atoms with E-state index in [9.17, 15) is 18.0 Å². The van der Waals surface area contributed by atoms with Crippen LogP contribution in [-0.4, -0.2) is 57.9 Å². The second-order valence-corrected chi connectivity index (χ2v) is 10.5. The van der Waals surface area contributed by atoms with Gasteiger partial charge in [-0.25, -0.2) is 14.8 Å². The van der Waals surface area contributed by atoms with Crippen molar-refractivity contribution in [1.82, 2.24) is 14.9 Å². The van der Waals surface area contributed by atoms with E-state index in [1.807, 2.05) is 32.6 Å². The summed E-state index contributed by atoms with van der Waals surface area (Å²) in [6.45, 7) is 8.77. The van der Waals surface area contributed by atoms with Crippen molar-refractivity contribution in [2.24, 2.45) is 0 Å². The molecule has 6 nitrogen and oxygen atoms in total. The molecule has 2 aliphatic heterocycles. The molecule has 2 fully saturated rings. The summed E-state index contributed by atoms with van der Waals surface area (Å²) in [5, 5.41) is 0.731. The van der Waals surface area contributed by atoms with Gasteiger partial charge in [0, 0.05) is 18.0 Å². The number of likely N-dealkylation sites (tertiary alicyclic amines) is 1. The number of halogens is 3. The molecule has 2 unspecified atom stereocenters. The summed E-state index contributed by atoms with van der Waals surface area (Å²) >= 11 is 1.11. The average molecular weight is 471 g/mol. The van der Waals surface area contributed by atoms with E-state index in [1.54, 1.807) is 0 Å². The Morgan fingerprint density at radius 3 is 2.59 bits per heavy atom. The predicted molar refractivity (Wildman–Crippen MR) is 118 cm³/mol. The van der Waals surface area contributed by atoms with E-state index < -0.39 is 18.2 Å². The normalized spacial score (nSPS) is 21.8. The number of rotatable bonds is 3. The van der Waals surface area contributed by atoms with Gasteiger partial charge >= 0.3 is 12.3 Å². The number of hydrogen-bond donors (Lipinski definition) is 0. The van der Waals surface area contributed by atoms with Crippen LogP contribution >= 0.6 is 11.3 Å². The number of carbonyl (C=O) groups excluding carboxylic acids is 1. The highest BCUT2D eigenvalue weighted by Crippen LogP contribution is 2.42. The number of anilines is 1. The molecular formula is C22H29F3N4O2S. The molecule has 0 saturated carbocycles. The minimum absolute atomic E-state index is 0.00183. The number of aryl methyl sites for hydroxylation is 1. The zero-order chi connectivity index (χ0) is 23.3. The fourth-order valence-electron chi connectivity index (χ4n) is 4.93. The number of thiophene rings is 1. The first-order chi connectivity index (χ1) is 15.0. The molecule has 0 aromatic carbocycles. The third-order valence-electron chi connectivity index (χ3n) is 6.07. The van der Waals surface area contributed by atoms with Crippen molar-refractivity contribution < 1.29 is 22.7 Å². The molecule has 2 aliphatic rings. The molecule has 1 amide bonds. The Balaban J connectivity index is 1.67. The van der Waals surface area contributed by atoms with Gasteiger partial charge in [-0.3, -0.25) is 0 Å². The summed E-state index contributed by atoms with van der Waals surface area (Å²) in [6.07, 6.45) is -1.09. The number of aromatic nitrogens is 2. The predicted octanol–water partition coefficient (Wildman–Crippen LogP) is 5.34. The van der Waals surface area contributed by atoms with E-state index in [0.717, 1.165) is 36.0 Å². The standard InChI is InChI=1S/C22H29F3N4O2S/c1-5-13-16(11-22(23,24)25)32-19-17(13)18(26-12-27-19)28-10-8-15-14(28)7-6-9-29(15)20(30)31-21(2,3)4/h12,14-15H,5-11H2,1-4H3. The van der Waals surface area contributed by atoms with Gasteiger partial charge in [-0.2, -0.15) is 13.2 Å². The van der Waals surface area contributed by atoms with E-state index in [-0.39, 0.29) is 18.2 Å². The van der Waals surface area contributed by atoms with Crippen LogP contribution in [0.1, 0.15) is 57.4 Å². The maximum absolute atomic E-state index is 13.2. The lowest BCUT2D eigenvalue weighted by Crippen LogP contribution is -2.53. The molecule has 10 heteroatoms. The molecule has 0 radical (unpaired) electrons. The lowest BCUT2D eigenvalue weighted by atomic mass is 9.97. The molecule has 2 saturated heterocycles. The number of hydrogen-bond acceptors (Lipinski definition) is 6. The Morgan fingerprint density at radius 2 is 1.94 bits per heavy atom. The molecule has 0 spiro atoms. The smallest absolute Gasteiger partial charge is 0.410 e. The van der Waals surface area contributed by atoms with Crippen LogP contribution in [0.3, 0.4) is 0 Å². The van der Waals surface area contributed by atoms with Crippen molar-refractivity contribution in [3.05, 3.63) is 16.8 Å². The van der Waals surface area contributed by atoms with Crippen molar-refractivity contribution in [3.63, 3.8) is 0 Å². The molecule has 4 heterocycles. The molecule has 2 aromatic heterocycles. The van der Waals surface area contributed by atoms with Crippen molar-refractivity contribution >= 4 is 33.5 Å². The molecule has 4 rings (SSSR count). The van der Waals surface area contributed by atoms with Crippen molar-refractivity contribution in [3.8, 4) is 0 Å². The van der Waals surface area contributed by atoms with Crippen LogP contribution in [0.25, 0.3) is 10.2 Å². The molecule has 2 atom stereocenters. The van der Waals surface area contributed by atoms with Crippen molar-refractivity contribution in [2.75, 3.05) is 18.0 Å². The van der Waals surface area contributed by atoms with Crippen molar-refractivity contribution in [1.29, 1.82) is 0 Å². The minimum atomic E-state index is -4.27. The highest BCUT2D eigenvalue weighted by molar-refractivity contribution is 7.19. The Bertz CT molecular complexity index is 1000. The van der Waals surface area contributed by atoms with Crippen LogP contribution < -0.4 is 4.90 Å². The molecule has 0 aliphatic carbocycles. The average Bonchev–Trinajstić information content (AvgIpc) is 3.25. The summed E-state index contributed by atoms with van der Waals surface area (Å²) in [5.41, 5.74) is 0.115. The number of alkyl halides is 3. The van der Waals surface area contributed by atoms with Crippen LogP contribution in [0, 0.1) is 0 Å². The quantitative estimate of drug-likeness (QED) is 0.606. The zero-order valence-corrected chi connectivity index (χ0v) is 19.6. The summed E-state index contributed by atoms with van der Waals surface area (Å²) in [7, 11) is 0.